The maximum absolute atomic E-state index is 13.2. The summed E-state index contributed by atoms with van der Waals surface area (Å²) in [5.74, 6) is -2.74. The van der Waals surface area contributed by atoms with Crippen molar-refractivity contribution in [2.45, 2.75) is 19.3 Å². The van der Waals surface area contributed by atoms with E-state index in [1.165, 1.54) is 65.7 Å². The maximum atomic E-state index is 13.2. The summed E-state index contributed by atoms with van der Waals surface area (Å²) < 4.78 is 26.3. The number of hydrogen-bond donors (Lipinski definition) is 3. The molecule has 0 bridgehead atoms. The average Bonchev–Trinajstić information content (AvgIpc) is 2.86. The number of aromatic hydroxyl groups is 1. The second-order valence-corrected chi connectivity index (χ2v) is 7.92. The number of nitrogens with one attached hydrogen (secondary N) is 1. The highest BCUT2D eigenvalue weighted by Crippen LogP contribution is 2.40. The molecule has 1 unspecified atom stereocenters. The number of hydrogen-bond acceptors (Lipinski definition) is 9. The van der Waals surface area contributed by atoms with E-state index in [0.29, 0.717) is 28.5 Å². The summed E-state index contributed by atoms with van der Waals surface area (Å²) in [6.45, 7) is 1.45. The Hall–Kier alpha value is -4.67. The molecule has 0 aliphatic heterocycles. The van der Waals surface area contributed by atoms with Crippen molar-refractivity contribution in [3.63, 3.8) is 0 Å². The second kappa shape index (κ2) is 11.4. The fourth-order valence-corrected chi connectivity index (χ4v) is 3.97. The lowest BCUT2D eigenvalue weighted by Gasteiger charge is -2.20. The molecule has 0 spiro atoms. The Balaban J connectivity index is 2.08. The SMILES string of the molecule is COc1ccc(C(CC(=O)Nc2cc(OC)c(OC)c(OC)c2)c2c(C(=O)O)oc(C)cc2=O)cc1O. The number of phenols is 1. The van der Waals surface area contributed by atoms with Gasteiger partial charge in [-0.2, -0.15) is 0 Å². The van der Waals surface area contributed by atoms with Crippen LogP contribution in [0.25, 0.3) is 0 Å². The summed E-state index contributed by atoms with van der Waals surface area (Å²) in [5, 5.41) is 22.8. The van der Waals surface area contributed by atoms with E-state index < -0.39 is 29.0 Å². The van der Waals surface area contributed by atoms with Crippen LogP contribution in [0, 0.1) is 6.92 Å². The minimum Gasteiger partial charge on any atom is -0.504 e. The first-order valence-electron chi connectivity index (χ1n) is 11.0. The van der Waals surface area contributed by atoms with Crippen LogP contribution in [0.2, 0.25) is 0 Å². The van der Waals surface area contributed by atoms with Gasteiger partial charge in [-0.3, -0.25) is 9.59 Å². The van der Waals surface area contributed by atoms with Gasteiger partial charge in [-0.15, -0.1) is 0 Å². The molecule has 0 saturated heterocycles. The number of anilines is 1. The lowest BCUT2D eigenvalue weighted by molar-refractivity contribution is -0.116. The predicted molar refractivity (Wildman–Crippen MR) is 133 cm³/mol. The Morgan fingerprint density at radius 2 is 1.57 bits per heavy atom. The largest absolute Gasteiger partial charge is 0.504 e. The summed E-state index contributed by atoms with van der Waals surface area (Å²) in [6.07, 6.45) is -0.365. The highest BCUT2D eigenvalue weighted by atomic mass is 16.5. The molecule has 2 aromatic carbocycles. The fourth-order valence-electron chi connectivity index (χ4n) is 3.97. The molecule has 0 aliphatic carbocycles. The van der Waals surface area contributed by atoms with Crippen LogP contribution in [0.15, 0.2) is 45.6 Å². The van der Waals surface area contributed by atoms with Crippen LogP contribution < -0.4 is 29.7 Å². The summed E-state index contributed by atoms with van der Waals surface area (Å²) in [7, 11) is 5.67. The number of carboxylic acids is 1. The smallest absolute Gasteiger partial charge is 0.372 e. The molecule has 11 heteroatoms. The number of carbonyl (C=O) groups excluding carboxylic acids is 1. The lowest BCUT2D eigenvalue weighted by atomic mass is 9.86. The summed E-state index contributed by atoms with van der Waals surface area (Å²) in [6, 6.07) is 8.48. The summed E-state index contributed by atoms with van der Waals surface area (Å²) in [4.78, 5) is 38.1. The highest BCUT2D eigenvalue weighted by Gasteiger charge is 2.29. The van der Waals surface area contributed by atoms with Gasteiger partial charge in [0.05, 0.1) is 34.0 Å². The number of ether oxygens (including phenoxy) is 4. The van der Waals surface area contributed by atoms with Crippen molar-refractivity contribution < 1.29 is 43.2 Å². The number of carboxylic acid groups (broad SMARTS) is 1. The molecule has 1 aromatic heterocycles. The Morgan fingerprint density at radius 3 is 2.08 bits per heavy atom. The number of amides is 1. The lowest BCUT2D eigenvalue weighted by Crippen LogP contribution is -2.24. The Morgan fingerprint density at radius 1 is 0.946 bits per heavy atom. The summed E-state index contributed by atoms with van der Waals surface area (Å²) >= 11 is 0. The van der Waals surface area contributed by atoms with Crippen molar-refractivity contribution in [3.8, 4) is 28.7 Å². The van der Waals surface area contributed by atoms with E-state index in [-0.39, 0.29) is 29.2 Å². The zero-order valence-electron chi connectivity index (χ0n) is 20.9. The fraction of sp³-hybridized carbons (Fsp3) is 0.269. The molecule has 196 valence electrons. The first-order valence-corrected chi connectivity index (χ1v) is 11.0. The Labute approximate surface area is 212 Å². The Bertz CT molecular complexity index is 1350. The molecule has 3 N–H and O–H groups in total. The van der Waals surface area contributed by atoms with Gasteiger partial charge in [-0.25, -0.2) is 4.79 Å². The standard InChI is InChI=1S/C26H27NO10/c1-13-8-18(29)23(25(37-13)26(31)32)16(14-6-7-19(33-2)17(28)9-14)12-22(30)27-15-10-20(34-3)24(36-5)21(11-15)35-4/h6-11,16,28H,12H2,1-5H3,(H,27,30)(H,31,32). The van der Waals surface area contributed by atoms with Crippen LogP contribution in [0.5, 0.6) is 28.7 Å². The molecule has 0 radical (unpaired) electrons. The minimum atomic E-state index is -1.47. The quantitative estimate of drug-likeness (QED) is 0.367. The van der Waals surface area contributed by atoms with Gasteiger partial charge in [-0.05, 0) is 24.6 Å². The third-order valence-corrected chi connectivity index (χ3v) is 5.59. The van der Waals surface area contributed by atoms with Crippen LogP contribution in [-0.2, 0) is 4.79 Å². The number of phenolic OH excluding ortho intramolecular Hbond substituents is 1. The Kier molecular flexibility index (Phi) is 8.28. The van der Waals surface area contributed by atoms with Gasteiger partial charge in [0, 0.05) is 36.2 Å². The van der Waals surface area contributed by atoms with E-state index in [0.717, 1.165) is 6.07 Å². The van der Waals surface area contributed by atoms with Crippen molar-refractivity contribution >= 4 is 17.6 Å². The van der Waals surface area contributed by atoms with E-state index in [9.17, 15) is 24.6 Å². The molecule has 0 fully saturated rings. The number of methoxy groups -OCH3 is 4. The minimum absolute atomic E-state index is 0.101. The van der Waals surface area contributed by atoms with Gasteiger partial charge in [-0.1, -0.05) is 6.07 Å². The topological polar surface area (TPSA) is 154 Å². The van der Waals surface area contributed by atoms with Crippen LogP contribution in [0.4, 0.5) is 5.69 Å². The highest BCUT2D eigenvalue weighted by molar-refractivity contribution is 5.93. The monoisotopic (exact) mass is 513 g/mol. The second-order valence-electron chi connectivity index (χ2n) is 7.92. The van der Waals surface area contributed by atoms with Crippen molar-refractivity contribution in [3.05, 3.63) is 69.3 Å². The van der Waals surface area contributed by atoms with E-state index in [1.807, 2.05) is 0 Å². The van der Waals surface area contributed by atoms with Crippen molar-refractivity contribution in [2.75, 3.05) is 33.8 Å². The molecule has 37 heavy (non-hydrogen) atoms. The van der Waals surface area contributed by atoms with Crippen molar-refractivity contribution in [2.24, 2.45) is 0 Å². The molecule has 1 amide bonds. The molecule has 11 nitrogen and oxygen atoms in total. The number of aromatic carboxylic acids is 1. The van der Waals surface area contributed by atoms with Gasteiger partial charge in [0.1, 0.15) is 5.76 Å². The normalized spacial score (nSPS) is 11.4. The zero-order valence-corrected chi connectivity index (χ0v) is 20.9. The number of carbonyl (C=O) groups is 2. The molecule has 0 saturated carbocycles. The number of rotatable bonds is 10. The third-order valence-electron chi connectivity index (χ3n) is 5.59. The van der Waals surface area contributed by atoms with Crippen LogP contribution in [-0.4, -0.2) is 50.5 Å². The van der Waals surface area contributed by atoms with Gasteiger partial charge < -0.3 is 38.9 Å². The first-order chi connectivity index (χ1) is 17.6. The molecule has 3 aromatic rings. The molecule has 3 rings (SSSR count). The molecular weight excluding hydrogens is 486 g/mol. The van der Waals surface area contributed by atoms with Crippen LogP contribution >= 0.6 is 0 Å². The van der Waals surface area contributed by atoms with Gasteiger partial charge in [0.15, 0.2) is 28.4 Å². The number of aryl methyl sites for hydroxylation is 1. The van der Waals surface area contributed by atoms with Gasteiger partial charge >= 0.3 is 5.97 Å². The van der Waals surface area contributed by atoms with Crippen molar-refractivity contribution in [1.82, 2.24) is 0 Å². The number of benzene rings is 2. The van der Waals surface area contributed by atoms with Gasteiger partial charge in [0.2, 0.25) is 17.4 Å². The van der Waals surface area contributed by atoms with E-state index in [1.54, 1.807) is 0 Å². The van der Waals surface area contributed by atoms with Crippen LogP contribution in [0.1, 0.15) is 39.8 Å². The van der Waals surface area contributed by atoms with E-state index in [4.69, 9.17) is 23.4 Å². The van der Waals surface area contributed by atoms with E-state index >= 15 is 0 Å². The predicted octanol–water partition coefficient (Wildman–Crippen LogP) is 3.55. The van der Waals surface area contributed by atoms with Crippen LogP contribution in [0.3, 0.4) is 0 Å². The maximum Gasteiger partial charge on any atom is 0.372 e. The molecule has 0 aliphatic rings. The first kappa shape index (κ1) is 26.9. The molecule has 1 heterocycles. The average molecular weight is 513 g/mol. The van der Waals surface area contributed by atoms with Crippen molar-refractivity contribution in [1.29, 1.82) is 0 Å². The van der Waals surface area contributed by atoms with E-state index in [2.05, 4.69) is 5.32 Å². The molecule has 1 atom stereocenters. The zero-order chi connectivity index (χ0) is 27.3. The third kappa shape index (κ3) is 5.77. The molecular formula is C26H27NO10. The summed E-state index contributed by atoms with van der Waals surface area (Å²) in [5.41, 5.74) is -0.244. The van der Waals surface area contributed by atoms with Gasteiger partial charge in [0.25, 0.3) is 0 Å².